The Balaban J connectivity index is 1.95. The number of aliphatic hydroxyl groups is 1. The minimum absolute atomic E-state index is 0.0461. The van der Waals surface area contributed by atoms with E-state index in [1.807, 2.05) is 0 Å². The van der Waals surface area contributed by atoms with Gasteiger partial charge in [0.2, 0.25) is 5.43 Å². The Morgan fingerprint density at radius 3 is 2.54 bits per heavy atom. The van der Waals surface area contributed by atoms with E-state index >= 15 is 0 Å². The van der Waals surface area contributed by atoms with E-state index in [1.54, 1.807) is 32.0 Å². The number of rotatable bonds is 1. The molecule has 1 aromatic heterocycles. The minimum atomic E-state index is -0.814. The molecule has 0 aliphatic carbocycles. The van der Waals surface area contributed by atoms with Crippen LogP contribution < -0.4 is 10.2 Å². The summed E-state index contributed by atoms with van der Waals surface area (Å²) in [4.78, 5) is 12.9. The SMILES string of the molecule is CC1(C)Oc2cc3occ(-c4ccc(O)cc4)c(=O)c3c(O)c2CC1O. The van der Waals surface area contributed by atoms with E-state index in [9.17, 15) is 20.1 Å². The van der Waals surface area contributed by atoms with Gasteiger partial charge in [-0.2, -0.15) is 0 Å². The molecule has 26 heavy (non-hydrogen) atoms. The van der Waals surface area contributed by atoms with Gasteiger partial charge in [-0.05, 0) is 31.5 Å². The third-order valence-electron chi connectivity index (χ3n) is 4.86. The van der Waals surface area contributed by atoms with E-state index in [2.05, 4.69) is 0 Å². The highest BCUT2D eigenvalue weighted by Crippen LogP contribution is 2.42. The largest absolute Gasteiger partial charge is 0.508 e. The predicted octanol–water partition coefficient (Wildman–Crippen LogP) is 2.95. The fourth-order valence-corrected chi connectivity index (χ4v) is 3.20. The van der Waals surface area contributed by atoms with Gasteiger partial charge in [0.15, 0.2) is 0 Å². The summed E-state index contributed by atoms with van der Waals surface area (Å²) >= 11 is 0. The summed E-state index contributed by atoms with van der Waals surface area (Å²) in [6.45, 7) is 3.51. The van der Waals surface area contributed by atoms with Crippen molar-refractivity contribution in [2.75, 3.05) is 0 Å². The maximum Gasteiger partial charge on any atom is 0.204 e. The molecule has 6 nitrogen and oxygen atoms in total. The first kappa shape index (κ1) is 16.5. The van der Waals surface area contributed by atoms with Gasteiger partial charge in [0.1, 0.15) is 40.1 Å². The predicted molar refractivity (Wildman–Crippen MR) is 95.7 cm³/mol. The third kappa shape index (κ3) is 2.42. The van der Waals surface area contributed by atoms with Crippen molar-refractivity contribution in [3.63, 3.8) is 0 Å². The number of fused-ring (bicyclic) bond motifs is 2. The first-order valence-electron chi connectivity index (χ1n) is 8.25. The van der Waals surface area contributed by atoms with Crippen LogP contribution in [0.1, 0.15) is 19.4 Å². The average Bonchev–Trinajstić information content (AvgIpc) is 2.58. The summed E-state index contributed by atoms with van der Waals surface area (Å²) in [5.41, 5.74) is 0.231. The Kier molecular flexibility index (Phi) is 3.49. The Morgan fingerprint density at radius 2 is 1.85 bits per heavy atom. The van der Waals surface area contributed by atoms with E-state index in [0.29, 0.717) is 16.9 Å². The van der Waals surface area contributed by atoms with Crippen LogP contribution in [0, 0.1) is 0 Å². The second kappa shape index (κ2) is 5.51. The topological polar surface area (TPSA) is 100 Å². The maximum atomic E-state index is 12.9. The van der Waals surface area contributed by atoms with E-state index in [-0.39, 0.29) is 34.5 Å². The lowest BCUT2D eigenvalue weighted by Gasteiger charge is -2.37. The molecule has 6 heteroatoms. The Bertz CT molecular complexity index is 1060. The van der Waals surface area contributed by atoms with Gasteiger partial charge in [0, 0.05) is 18.1 Å². The standard InChI is InChI=1S/C20H18O6/c1-20(2)16(22)7-12-14(26-20)8-15-17(18(12)23)19(24)13(9-25-15)10-3-5-11(21)6-4-10/h3-6,8-9,16,21-23H,7H2,1-2H3. The van der Waals surface area contributed by atoms with Crippen LogP contribution in [0.2, 0.25) is 0 Å². The number of hydrogen-bond acceptors (Lipinski definition) is 6. The Labute approximate surface area is 148 Å². The second-order valence-electron chi connectivity index (χ2n) is 7.03. The van der Waals surface area contributed by atoms with E-state index in [1.165, 1.54) is 18.4 Å². The highest BCUT2D eigenvalue weighted by molar-refractivity contribution is 5.90. The molecule has 1 atom stereocenters. The highest BCUT2D eigenvalue weighted by atomic mass is 16.5. The number of benzene rings is 2. The number of hydrogen-bond donors (Lipinski definition) is 3. The number of ether oxygens (including phenoxy) is 1. The summed E-state index contributed by atoms with van der Waals surface area (Å²) in [5.74, 6) is 0.247. The number of aromatic hydroxyl groups is 2. The van der Waals surface area contributed by atoms with Crippen LogP contribution in [0.15, 0.2) is 45.8 Å². The maximum absolute atomic E-state index is 12.9. The molecule has 134 valence electrons. The van der Waals surface area contributed by atoms with Crippen molar-refractivity contribution in [3.8, 4) is 28.4 Å². The average molecular weight is 354 g/mol. The molecule has 3 aromatic rings. The minimum Gasteiger partial charge on any atom is -0.508 e. The summed E-state index contributed by atoms with van der Waals surface area (Å²) in [7, 11) is 0. The fraction of sp³-hybridized carbons (Fsp3) is 0.250. The third-order valence-corrected chi connectivity index (χ3v) is 4.86. The van der Waals surface area contributed by atoms with Crippen LogP contribution in [0.4, 0.5) is 0 Å². The Hall–Kier alpha value is -2.99. The number of phenols is 2. The monoisotopic (exact) mass is 354 g/mol. The van der Waals surface area contributed by atoms with Crippen LogP contribution in [-0.2, 0) is 6.42 Å². The number of aliphatic hydroxyl groups excluding tert-OH is 1. The van der Waals surface area contributed by atoms with E-state index in [4.69, 9.17) is 9.15 Å². The van der Waals surface area contributed by atoms with Gasteiger partial charge in [-0.1, -0.05) is 12.1 Å². The zero-order valence-electron chi connectivity index (χ0n) is 14.3. The fourth-order valence-electron chi connectivity index (χ4n) is 3.20. The van der Waals surface area contributed by atoms with Gasteiger partial charge < -0.3 is 24.5 Å². The number of phenolic OH excluding ortho intramolecular Hbond substituents is 2. The molecule has 0 fully saturated rings. The lowest BCUT2D eigenvalue weighted by atomic mass is 9.89. The molecule has 0 spiro atoms. The second-order valence-corrected chi connectivity index (χ2v) is 7.03. The molecular weight excluding hydrogens is 336 g/mol. The Morgan fingerprint density at radius 1 is 1.15 bits per heavy atom. The van der Waals surface area contributed by atoms with Crippen molar-refractivity contribution in [2.24, 2.45) is 0 Å². The molecule has 0 saturated heterocycles. The molecule has 0 amide bonds. The summed E-state index contributed by atoms with van der Waals surface area (Å²) in [6, 6.07) is 7.70. The summed E-state index contributed by atoms with van der Waals surface area (Å²) in [6.07, 6.45) is 0.684. The smallest absolute Gasteiger partial charge is 0.204 e. The first-order chi connectivity index (χ1) is 12.3. The zero-order valence-corrected chi connectivity index (χ0v) is 14.3. The van der Waals surface area contributed by atoms with Crippen LogP contribution in [0.3, 0.4) is 0 Å². The van der Waals surface area contributed by atoms with Crippen molar-refractivity contribution in [2.45, 2.75) is 32.0 Å². The first-order valence-corrected chi connectivity index (χ1v) is 8.25. The summed E-state index contributed by atoms with van der Waals surface area (Å²) in [5, 5.41) is 30.4. The molecule has 0 bridgehead atoms. The highest BCUT2D eigenvalue weighted by Gasteiger charge is 2.38. The van der Waals surface area contributed by atoms with Gasteiger partial charge >= 0.3 is 0 Å². The van der Waals surface area contributed by atoms with Crippen molar-refractivity contribution >= 4 is 11.0 Å². The van der Waals surface area contributed by atoms with Gasteiger partial charge in [-0.3, -0.25) is 4.79 Å². The molecule has 4 rings (SSSR count). The van der Waals surface area contributed by atoms with Gasteiger partial charge in [-0.15, -0.1) is 0 Å². The van der Waals surface area contributed by atoms with E-state index < -0.39 is 17.1 Å². The van der Waals surface area contributed by atoms with Crippen molar-refractivity contribution in [3.05, 3.63) is 52.4 Å². The van der Waals surface area contributed by atoms with Crippen molar-refractivity contribution in [1.82, 2.24) is 0 Å². The molecule has 2 aromatic carbocycles. The molecule has 1 aliphatic heterocycles. The van der Waals surface area contributed by atoms with Crippen LogP contribution in [0.5, 0.6) is 17.2 Å². The van der Waals surface area contributed by atoms with Crippen LogP contribution in [-0.4, -0.2) is 27.0 Å². The van der Waals surface area contributed by atoms with Gasteiger partial charge in [-0.25, -0.2) is 0 Å². The molecule has 2 heterocycles. The molecular formula is C20H18O6. The lowest BCUT2D eigenvalue weighted by molar-refractivity contribution is -0.0415. The molecule has 0 saturated carbocycles. The van der Waals surface area contributed by atoms with Crippen LogP contribution >= 0.6 is 0 Å². The molecule has 1 unspecified atom stereocenters. The van der Waals surface area contributed by atoms with Gasteiger partial charge in [0.05, 0.1) is 11.7 Å². The van der Waals surface area contributed by atoms with Crippen LogP contribution in [0.25, 0.3) is 22.1 Å². The van der Waals surface area contributed by atoms with Crippen molar-refractivity contribution in [1.29, 1.82) is 0 Å². The molecule has 0 radical (unpaired) electrons. The lowest BCUT2D eigenvalue weighted by Crippen LogP contribution is -2.46. The van der Waals surface area contributed by atoms with Crippen molar-refractivity contribution < 1.29 is 24.5 Å². The summed E-state index contributed by atoms with van der Waals surface area (Å²) < 4.78 is 11.4. The normalized spacial score (nSPS) is 18.3. The zero-order chi connectivity index (χ0) is 18.6. The van der Waals surface area contributed by atoms with E-state index in [0.717, 1.165) is 0 Å². The molecule has 3 N–H and O–H groups in total. The quantitative estimate of drug-likeness (QED) is 0.621. The molecule has 1 aliphatic rings. The van der Waals surface area contributed by atoms with Gasteiger partial charge in [0.25, 0.3) is 0 Å².